The average molecular weight is 549 g/mol. The lowest BCUT2D eigenvalue weighted by Gasteiger charge is -2.18. The summed E-state index contributed by atoms with van der Waals surface area (Å²) >= 11 is 0. The van der Waals surface area contributed by atoms with Crippen molar-refractivity contribution in [3.05, 3.63) is 89.2 Å². The monoisotopic (exact) mass is 548 g/mol. The third-order valence-electron chi connectivity index (χ3n) is 6.25. The summed E-state index contributed by atoms with van der Waals surface area (Å²) in [6, 6.07) is 13.8. The Balaban J connectivity index is 0.00000181. The number of aromatic nitrogens is 2. The number of benzene rings is 2. The van der Waals surface area contributed by atoms with Crippen LogP contribution in [0.3, 0.4) is 0 Å². The molecule has 1 N–H and O–H groups in total. The molecule has 5 rings (SSSR count). The number of amides is 1. The molecule has 0 atom stereocenters. The second kappa shape index (κ2) is 12.4. The molecule has 0 saturated carbocycles. The van der Waals surface area contributed by atoms with Gasteiger partial charge in [-0.2, -0.15) is 0 Å². The van der Waals surface area contributed by atoms with E-state index in [0.29, 0.717) is 40.0 Å². The van der Waals surface area contributed by atoms with Crippen molar-refractivity contribution in [2.45, 2.75) is 26.9 Å². The van der Waals surface area contributed by atoms with Crippen LogP contribution in [-0.4, -0.2) is 42.1 Å². The highest BCUT2D eigenvalue weighted by Crippen LogP contribution is 2.37. The highest BCUT2D eigenvalue weighted by atomic mass is 19.1. The predicted octanol–water partition coefficient (Wildman–Crippen LogP) is 6.37. The number of fused-ring (bicyclic) bond motifs is 1. The lowest BCUT2D eigenvalue weighted by Crippen LogP contribution is -2.24. The number of halogens is 2. The molecule has 0 bridgehead atoms. The Kier molecular flexibility index (Phi) is 8.78. The maximum absolute atomic E-state index is 14.7. The molecule has 1 aliphatic rings. The van der Waals surface area contributed by atoms with Crippen LogP contribution in [-0.2, 0) is 13.1 Å². The topological polar surface area (TPSA) is 85.8 Å². The van der Waals surface area contributed by atoms with E-state index in [1.807, 2.05) is 19.9 Å². The van der Waals surface area contributed by atoms with Gasteiger partial charge in [-0.3, -0.25) is 4.79 Å². The van der Waals surface area contributed by atoms with Gasteiger partial charge in [-0.05, 0) is 42.5 Å². The average Bonchev–Trinajstić information content (AvgIpc) is 3.29. The number of rotatable bonds is 8. The number of pyridine rings is 2. The van der Waals surface area contributed by atoms with Crippen molar-refractivity contribution in [1.82, 2.24) is 14.9 Å². The zero-order valence-electron chi connectivity index (χ0n) is 22.9. The number of ether oxygens (including phenoxy) is 3. The Morgan fingerprint density at radius 3 is 2.23 bits per heavy atom. The van der Waals surface area contributed by atoms with E-state index in [0.717, 1.165) is 5.56 Å². The van der Waals surface area contributed by atoms with E-state index in [9.17, 15) is 13.6 Å². The van der Waals surface area contributed by atoms with Crippen LogP contribution in [0.25, 0.3) is 11.3 Å². The van der Waals surface area contributed by atoms with Gasteiger partial charge in [-0.15, -0.1) is 0 Å². The van der Waals surface area contributed by atoms with Crippen molar-refractivity contribution in [2.24, 2.45) is 0 Å². The van der Waals surface area contributed by atoms with Crippen molar-refractivity contribution < 1.29 is 27.8 Å². The molecule has 208 valence electrons. The second-order valence-corrected chi connectivity index (χ2v) is 8.52. The predicted molar refractivity (Wildman–Crippen MR) is 148 cm³/mol. The molecule has 10 heteroatoms. The fourth-order valence-corrected chi connectivity index (χ4v) is 4.36. The lowest BCUT2D eigenvalue weighted by atomic mass is 10.1. The second-order valence-electron chi connectivity index (χ2n) is 8.52. The Hall–Kier alpha value is -4.73. The summed E-state index contributed by atoms with van der Waals surface area (Å²) in [5.41, 5.74) is 1.57. The summed E-state index contributed by atoms with van der Waals surface area (Å²) in [5.74, 6) is 0.365. The van der Waals surface area contributed by atoms with E-state index >= 15 is 0 Å². The molecule has 0 unspecified atom stereocenters. The summed E-state index contributed by atoms with van der Waals surface area (Å²) in [6.07, 6.45) is 1.52. The summed E-state index contributed by atoms with van der Waals surface area (Å²) in [4.78, 5) is 24.0. The van der Waals surface area contributed by atoms with E-state index in [1.54, 1.807) is 43.4 Å². The Morgan fingerprint density at radius 1 is 0.900 bits per heavy atom. The van der Waals surface area contributed by atoms with Gasteiger partial charge in [0.15, 0.2) is 0 Å². The highest BCUT2D eigenvalue weighted by molar-refractivity contribution is 6.04. The molecule has 1 amide bonds. The number of carbonyl (C=O) groups excluding carboxylic acids is 1. The SMILES string of the molecule is CC.COc1ccc(Nc2cc(-c3c(F)cccc3F)nc3c2C(=O)N(Cc2ccc(OC)cc2OC)C3)nc1. The fraction of sp³-hybridized carbons (Fsp3) is 0.233. The first-order valence-corrected chi connectivity index (χ1v) is 12.7. The molecule has 2 aromatic heterocycles. The standard InChI is InChI=1S/C28H24F2N4O4.C2H6/c1-36-17-8-7-16(24(11-17)38-3)14-34-15-23-27(28(34)35)22(33-25-10-9-18(37-2)13-31-25)12-21(32-23)26-19(29)5-4-6-20(26)30;1-2/h4-13H,14-15H2,1-3H3,(H,31,32,33);1-2H3. The van der Waals surface area contributed by atoms with Gasteiger partial charge in [-0.25, -0.2) is 18.7 Å². The zero-order chi connectivity index (χ0) is 28.8. The number of hydrogen-bond acceptors (Lipinski definition) is 7. The van der Waals surface area contributed by atoms with Gasteiger partial charge >= 0.3 is 0 Å². The van der Waals surface area contributed by atoms with Crippen molar-refractivity contribution in [2.75, 3.05) is 26.6 Å². The minimum Gasteiger partial charge on any atom is -0.497 e. The molecular formula is C30H30F2N4O4. The van der Waals surface area contributed by atoms with Crippen LogP contribution in [0, 0.1) is 11.6 Å². The van der Waals surface area contributed by atoms with Gasteiger partial charge in [0, 0.05) is 11.6 Å². The lowest BCUT2D eigenvalue weighted by molar-refractivity contribution is 0.0766. The molecule has 3 heterocycles. The molecule has 8 nitrogen and oxygen atoms in total. The number of hydrogen-bond donors (Lipinski definition) is 1. The van der Waals surface area contributed by atoms with Crippen LogP contribution in [0.5, 0.6) is 17.2 Å². The third kappa shape index (κ3) is 5.66. The summed E-state index contributed by atoms with van der Waals surface area (Å²) < 4.78 is 45.3. The first-order chi connectivity index (χ1) is 19.4. The van der Waals surface area contributed by atoms with Gasteiger partial charge < -0.3 is 24.4 Å². The largest absolute Gasteiger partial charge is 0.497 e. The normalized spacial score (nSPS) is 11.9. The third-order valence-corrected chi connectivity index (χ3v) is 6.25. The summed E-state index contributed by atoms with van der Waals surface area (Å²) in [5, 5.41) is 3.12. The van der Waals surface area contributed by atoms with Crippen molar-refractivity contribution in [3.8, 4) is 28.5 Å². The first kappa shape index (κ1) is 28.3. The van der Waals surface area contributed by atoms with Crippen LogP contribution in [0.4, 0.5) is 20.3 Å². The number of methoxy groups -OCH3 is 3. The van der Waals surface area contributed by atoms with Crippen molar-refractivity contribution >= 4 is 17.4 Å². The van der Waals surface area contributed by atoms with Crippen LogP contribution >= 0.6 is 0 Å². The quantitative estimate of drug-likeness (QED) is 0.274. The van der Waals surface area contributed by atoms with Gasteiger partial charge in [0.25, 0.3) is 5.91 Å². The molecule has 4 aromatic rings. The van der Waals surface area contributed by atoms with E-state index in [-0.39, 0.29) is 30.3 Å². The van der Waals surface area contributed by atoms with Crippen LogP contribution in [0.15, 0.2) is 60.8 Å². The van der Waals surface area contributed by atoms with Crippen LogP contribution in [0.2, 0.25) is 0 Å². The minimum absolute atomic E-state index is 0.0621. The molecule has 0 spiro atoms. The number of carbonyl (C=O) groups is 1. The Bertz CT molecular complexity index is 1490. The van der Waals surface area contributed by atoms with Gasteiger partial charge in [0.05, 0.1) is 68.8 Å². The van der Waals surface area contributed by atoms with Gasteiger partial charge in [0.1, 0.15) is 34.7 Å². The first-order valence-electron chi connectivity index (χ1n) is 12.7. The molecule has 40 heavy (non-hydrogen) atoms. The number of nitrogens with zero attached hydrogens (tertiary/aromatic N) is 3. The summed E-state index contributed by atoms with van der Waals surface area (Å²) in [7, 11) is 4.63. The van der Waals surface area contributed by atoms with Crippen molar-refractivity contribution in [3.63, 3.8) is 0 Å². The zero-order valence-corrected chi connectivity index (χ0v) is 22.9. The van der Waals surface area contributed by atoms with Crippen LogP contribution in [0.1, 0.15) is 35.5 Å². The molecule has 0 fully saturated rings. The fourth-order valence-electron chi connectivity index (χ4n) is 4.36. The Morgan fingerprint density at radius 2 is 1.60 bits per heavy atom. The summed E-state index contributed by atoms with van der Waals surface area (Å²) in [6.45, 7) is 4.37. The van der Waals surface area contributed by atoms with Crippen molar-refractivity contribution in [1.29, 1.82) is 0 Å². The molecule has 1 aliphatic heterocycles. The minimum atomic E-state index is -0.755. The van der Waals surface area contributed by atoms with E-state index < -0.39 is 11.6 Å². The van der Waals surface area contributed by atoms with Crippen LogP contribution < -0.4 is 19.5 Å². The van der Waals surface area contributed by atoms with E-state index in [4.69, 9.17) is 14.2 Å². The van der Waals surface area contributed by atoms with E-state index in [2.05, 4.69) is 15.3 Å². The van der Waals surface area contributed by atoms with Gasteiger partial charge in [-0.1, -0.05) is 19.9 Å². The molecule has 2 aromatic carbocycles. The number of anilines is 2. The molecule has 0 aliphatic carbocycles. The smallest absolute Gasteiger partial charge is 0.258 e. The molecule has 0 saturated heterocycles. The van der Waals surface area contributed by atoms with Gasteiger partial charge in [0.2, 0.25) is 0 Å². The number of nitrogens with one attached hydrogen (secondary N) is 1. The maximum atomic E-state index is 14.7. The maximum Gasteiger partial charge on any atom is 0.258 e. The highest BCUT2D eigenvalue weighted by Gasteiger charge is 2.33. The Labute approximate surface area is 231 Å². The van der Waals surface area contributed by atoms with E-state index in [1.165, 1.54) is 37.6 Å². The molecular weight excluding hydrogens is 518 g/mol. The molecule has 0 radical (unpaired) electrons.